The van der Waals surface area contributed by atoms with Gasteiger partial charge >= 0.3 is 0 Å². The quantitative estimate of drug-likeness (QED) is 0.859. The predicted octanol–water partition coefficient (Wildman–Crippen LogP) is 3.86. The van der Waals surface area contributed by atoms with Gasteiger partial charge in [-0.15, -0.1) is 0 Å². The molecule has 0 saturated heterocycles. The predicted molar refractivity (Wildman–Crippen MR) is 68.9 cm³/mol. The standard InChI is InChI=1S/C13H11ClFNO2/c1-17-12-7-13(11(16)6-10(12)15)18-9-4-2-8(14)3-5-9/h2-7H,16H2,1H3. The lowest BCUT2D eigenvalue weighted by Crippen LogP contribution is -1.96. The molecule has 0 atom stereocenters. The zero-order valence-electron chi connectivity index (χ0n) is 9.61. The molecule has 0 aliphatic heterocycles. The number of nitrogen functional groups attached to an aromatic ring is 1. The average molecular weight is 268 g/mol. The van der Waals surface area contributed by atoms with Crippen LogP contribution in [0.2, 0.25) is 5.02 Å². The number of nitrogens with two attached hydrogens (primary N) is 1. The van der Waals surface area contributed by atoms with Crippen LogP contribution in [0.15, 0.2) is 36.4 Å². The minimum atomic E-state index is -0.529. The van der Waals surface area contributed by atoms with E-state index >= 15 is 0 Å². The maximum absolute atomic E-state index is 13.3. The molecule has 3 nitrogen and oxygen atoms in total. The fourth-order valence-electron chi connectivity index (χ4n) is 1.42. The molecule has 0 unspecified atom stereocenters. The van der Waals surface area contributed by atoms with Crippen molar-refractivity contribution in [1.82, 2.24) is 0 Å². The Hall–Kier alpha value is -1.94. The smallest absolute Gasteiger partial charge is 0.167 e. The molecule has 0 bridgehead atoms. The van der Waals surface area contributed by atoms with E-state index in [1.807, 2.05) is 0 Å². The third-order valence-electron chi connectivity index (χ3n) is 2.33. The van der Waals surface area contributed by atoms with Gasteiger partial charge in [0.1, 0.15) is 5.75 Å². The zero-order valence-corrected chi connectivity index (χ0v) is 10.4. The van der Waals surface area contributed by atoms with Gasteiger partial charge in [-0.25, -0.2) is 4.39 Å². The molecule has 94 valence electrons. The van der Waals surface area contributed by atoms with Crippen molar-refractivity contribution < 1.29 is 13.9 Å². The summed E-state index contributed by atoms with van der Waals surface area (Å²) in [5.74, 6) is 0.432. The Balaban J connectivity index is 2.31. The van der Waals surface area contributed by atoms with Crippen LogP contribution in [0.5, 0.6) is 17.2 Å². The van der Waals surface area contributed by atoms with Crippen LogP contribution in [0.25, 0.3) is 0 Å². The molecule has 0 aliphatic rings. The van der Waals surface area contributed by atoms with Gasteiger partial charge in [0, 0.05) is 17.2 Å². The number of ether oxygens (including phenoxy) is 2. The van der Waals surface area contributed by atoms with Gasteiger partial charge in [-0.2, -0.15) is 0 Å². The van der Waals surface area contributed by atoms with E-state index in [2.05, 4.69) is 0 Å². The fraction of sp³-hybridized carbons (Fsp3) is 0.0769. The number of rotatable bonds is 3. The van der Waals surface area contributed by atoms with Crippen molar-refractivity contribution in [2.24, 2.45) is 0 Å². The van der Waals surface area contributed by atoms with Gasteiger partial charge in [0.05, 0.1) is 12.8 Å². The molecular formula is C13H11ClFNO2. The topological polar surface area (TPSA) is 44.5 Å². The Morgan fingerprint density at radius 3 is 2.39 bits per heavy atom. The Kier molecular flexibility index (Phi) is 3.58. The third kappa shape index (κ3) is 2.65. The number of benzene rings is 2. The van der Waals surface area contributed by atoms with Gasteiger partial charge < -0.3 is 15.2 Å². The summed E-state index contributed by atoms with van der Waals surface area (Å²) in [6.45, 7) is 0. The van der Waals surface area contributed by atoms with Crippen molar-refractivity contribution in [3.63, 3.8) is 0 Å². The lowest BCUT2D eigenvalue weighted by molar-refractivity contribution is 0.382. The number of halogens is 2. The normalized spacial score (nSPS) is 10.2. The average Bonchev–Trinajstić information content (AvgIpc) is 2.35. The van der Waals surface area contributed by atoms with Crippen LogP contribution < -0.4 is 15.2 Å². The molecule has 0 spiro atoms. The number of methoxy groups -OCH3 is 1. The summed E-state index contributed by atoms with van der Waals surface area (Å²) >= 11 is 5.76. The monoisotopic (exact) mass is 267 g/mol. The van der Waals surface area contributed by atoms with E-state index in [1.165, 1.54) is 13.2 Å². The fourth-order valence-corrected chi connectivity index (χ4v) is 1.55. The Bertz CT molecular complexity index is 558. The number of anilines is 1. The third-order valence-corrected chi connectivity index (χ3v) is 2.58. The zero-order chi connectivity index (χ0) is 13.1. The van der Waals surface area contributed by atoms with E-state index in [9.17, 15) is 4.39 Å². The van der Waals surface area contributed by atoms with Crippen LogP contribution in [-0.2, 0) is 0 Å². The second-order valence-electron chi connectivity index (χ2n) is 3.58. The molecule has 5 heteroatoms. The molecule has 2 aromatic carbocycles. The molecule has 0 aromatic heterocycles. The summed E-state index contributed by atoms with van der Waals surface area (Å²) in [6, 6.07) is 9.32. The van der Waals surface area contributed by atoms with Crippen molar-refractivity contribution in [2.45, 2.75) is 0 Å². The van der Waals surface area contributed by atoms with Gasteiger partial charge in [0.2, 0.25) is 0 Å². The van der Waals surface area contributed by atoms with Crippen LogP contribution in [0.4, 0.5) is 10.1 Å². The van der Waals surface area contributed by atoms with E-state index in [0.717, 1.165) is 6.07 Å². The van der Waals surface area contributed by atoms with Crippen LogP contribution in [0.1, 0.15) is 0 Å². The first-order valence-corrected chi connectivity index (χ1v) is 5.54. The molecule has 0 heterocycles. The summed E-state index contributed by atoms with van der Waals surface area (Å²) in [7, 11) is 1.38. The lowest BCUT2D eigenvalue weighted by Gasteiger charge is -2.10. The SMILES string of the molecule is COc1cc(Oc2ccc(Cl)cc2)c(N)cc1F. The van der Waals surface area contributed by atoms with Gasteiger partial charge in [-0.1, -0.05) is 11.6 Å². The highest BCUT2D eigenvalue weighted by molar-refractivity contribution is 6.30. The molecule has 0 amide bonds. The summed E-state index contributed by atoms with van der Waals surface area (Å²) < 4.78 is 23.7. The second kappa shape index (κ2) is 5.14. The first kappa shape index (κ1) is 12.5. The highest BCUT2D eigenvalue weighted by Gasteiger charge is 2.10. The molecule has 2 N–H and O–H groups in total. The molecule has 2 aromatic rings. The molecule has 0 saturated carbocycles. The highest BCUT2D eigenvalue weighted by atomic mass is 35.5. The van der Waals surface area contributed by atoms with Crippen LogP contribution in [-0.4, -0.2) is 7.11 Å². The maximum Gasteiger partial charge on any atom is 0.167 e. The number of hydrogen-bond acceptors (Lipinski definition) is 3. The Morgan fingerprint density at radius 1 is 1.11 bits per heavy atom. The first-order chi connectivity index (χ1) is 8.60. The highest BCUT2D eigenvalue weighted by Crippen LogP contribution is 2.33. The number of hydrogen-bond donors (Lipinski definition) is 1. The van der Waals surface area contributed by atoms with Crippen LogP contribution >= 0.6 is 11.6 Å². The Labute approximate surface area is 109 Å². The molecule has 2 rings (SSSR count). The van der Waals surface area contributed by atoms with Crippen molar-refractivity contribution in [2.75, 3.05) is 12.8 Å². The van der Waals surface area contributed by atoms with Crippen LogP contribution in [0.3, 0.4) is 0 Å². The summed E-state index contributed by atoms with van der Waals surface area (Å²) in [5, 5.41) is 0.604. The lowest BCUT2D eigenvalue weighted by atomic mass is 10.2. The van der Waals surface area contributed by atoms with Crippen molar-refractivity contribution >= 4 is 17.3 Å². The van der Waals surface area contributed by atoms with Gasteiger partial charge in [-0.05, 0) is 24.3 Å². The maximum atomic E-state index is 13.3. The van der Waals surface area contributed by atoms with Gasteiger partial charge in [0.15, 0.2) is 17.3 Å². The second-order valence-corrected chi connectivity index (χ2v) is 4.02. The molecular weight excluding hydrogens is 257 g/mol. The first-order valence-electron chi connectivity index (χ1n) is 5.16. The minimum absolute atomic E-state index is 0.0770. The largest absolute Gasteiger partial charge is 0.494 e. The van der Waals surface area contributed by atoms with Crippen molar-refractivity contribution in [1.29, 1.82) is 0 Å². The van der Waals surface area contributed by atoms with E-state index in [4.69, 9.17) is 26.8 Å². The molecule has 18 heavy (non-hydrogen) atoms. The van der Waals surface area contributed by atoms with E-state index in [0.29, 0.717) is 16.5 Å². The van der Waals surface area contributed by atoms with E-state index < -0.39 is 5.82 Å². The van der Waals surface area contributed by atoms with Gasteiger partial charge in [0.25, 0.3) is 0 Å². The summed E-state index contributed by atoms with van der Waals surface area (Å²) in [6.07, 6.45) is 0. The van der Waals surface area contributed by atoms with Gasteiger partial charge in [-0.3, -0.25) is 0 Å². The summed E-state index contributed by atoms with van der Waals surface area (Å²) in [4.78, 5) is 0. The summed E-state index contributed by atoms with van der Waals surface area (Å²) in [5.41, 5.74) is 5.87. The van der Waals surface area contributed by atoms with Crippen LogP contribution in [0, 0.1) is 5.82 Å². The minimum Gasteiger partial charge on any atom is -0.494 e. The van der Waals surface area contributed by atoms with Crippen molar-refractivity contribution in [3.05, 3.63) is 47.2 Å². The molecule has 0 radical (unpaired) electrons. The van der Waals surface area contributed by atoms with E-state index in [-0.39, 0.29) is 11.4 Å². The van der Waals surface area contributed by atoms with Crippen molar-refractivity contribution in [3.8, 4) is 17.2 Å². The molecule has 0 aliphatic carbocycles. The molecule has 0 fully saturated rings. The van der Waals surface area contributed by atoms with E-state index in [1.54, 1.807) is 24.3 Å². The Morgan fingerprint density at radius 2 is 1.78 bits per heavy atom.